The lowest BCUT2D eigenvalue weighted by Gasteiger charge is -2.01. The normalized spacial score (nSPS) is 10.9. The Morgan fingerprint density at radius 1 is 1.24 bits per heavy atom. The monoisotopic (exact) mass is 243 g/mol. The van der Waals surface area contributed by atoms with E-state index in [1.165, 1.54) is 11.1 Å². The fraction of sp³-hybridized carbons (Fsp3) is 0.0769. The highest BCUT2D eigenvalue weighted by Gasteiger charge is 2.06. The Bertz CT molecular complexity index is 688. The molecule has 3 aromatic rings. The van der Waals surface area contributed by atoms with Crippen molar-refractivity contribution in [2.75, 3.05) is 0 Å². The summed E-state index contributed by atoms with van der Waals surface area (Å²) in [6.45, 7) is 2.08. The molecule has 3 nitrogen and oxygen atoms in total. The Hall–Kier alpha value is -1.87. The van der Waals surface area contributed by atoms with Crippen LogP contribution in [0.4, 0.5) is 0 Å². The van der Waals surface area contributed by atoms with Crippen LogP contribution in [-0.4, -0.2) is 15.0 Å². The van der Waals surface area contributed by atoms with Crippen LogP contribution in [-0.2, 0) is 0 Å². The van der Waals surface area contributed by atoms with Crippen molar-refractivity contribution in [1.82, 2.24) is 15.0 Å². The topological polar surface area (TPSA) is 41.6 Å². The number of nitrogens with one attached hydrogen (secondary N) is 1. The zero-order chi connectivity index (χ0) is 11.8. The molecular weight excluding hydrogens is 234 g/mol. The number of aryl methyl sites for hydroxylation is 1. The second kappa shape index (κ2) is 3.86. The third-order valence-corrected chi connectivity index (χ3v) is 2.96. The molecule has 0 spiro atoms. The molecule has 0 bridgehead atoms. The second-order valence-electron chi connectivity index (χ2n) is 3.94. The largest absolute Gasteiger partial charge is 0.352 e. The van der Waals surface area contributed by atoms with E-state index in [1.54, 1.807) is 6.20 Å². The first-order valence-corrected chi connectivity index (χ1v) is 5.69. The summed E-state index contributed by atoms with van der Waals surface area (Å²) in [6.07, 6.45) is 1.70. The molecule has 0 saturated carbocycles. The molecule has 0 aliphatic carbocycles. The molecule has 1 N–H and O–H groups in total. The van der Waals surface area contributed by atoms with Crippen LogP contribution < -0.4 is 0 Å². The zero-order valence-corrected chi connectivity index (χ0v) is 9.99. The zero-order valence-electron chi connectivity index (χ0n) is 9.24. The quantitative estimate of drug-likeness (QED) is 0.664. The summed E-state index contributed by atoms with van der Waals surface area (Å²) in [5.41, 5.74) is 5.16. The number of rotatable bonds is 1. The van der Waals surface area contributed by atoms with Crippen LogP contribution in [0.5, 0.6) is 0 Å². The van der Waals surface area contributed by atoms with E-state index in [2.05, 4.69) is 34.0 Å². The third kappa shape index (κ3) is 1.78. The molecule has 1 aromatic carbocycles. The first-order valence-electron chi connectivity index (χ1n) is 5.31. The van der Waals surface area contributed by atoms with Gasteiger partial charge in [0.1, 0.15) is 0 Å². The average molecular weight is 244 g/mol. The molecule has 84 valence electrons. The number of fused-ring (bicyclic) bond motifs is 1. The Morgan fingerprint density at radius 3 is 2.88 bits per heavy atom. The molecule has 0 atom stereocenters. The highest BCUT2D eigenvalue weighted by molar-refractivity contribution is 6.28. The van der Waals surface area contributed by atoms with Gasteiger partial charge in [0, 0.05) is 11.3 Å². The standard InChI is InChI=1S/C13H10ClN3/c1-8-4-2-3-5-9(8)10-6-11-12(16-10)7-15-13(14)17-11/h2-7,16H,1H3. The number of benzene rings is 1. The molecule has 0 fully saturated rings. The van der Waals surface area contributed by atoms with E-state index >= 15 is 0 Å². The summed E-state index contributed by atoms with van der Waals surface area (Å²) < 4.78 is 0. The minimum absolute atomic E-state index is 0.271. The van der Waals surface area contributed by atoms with Gasteiger partial charge in [-0.1, -0.05) is 24.3 Å². The average Bonchev–Trinajstić information content (AvgIpc) is 2.72. The minimum Gasteiger partial charge on any atom is -0.352 e. The van der Waals surface area contributed by atoms with Gasteiger partial charge in [0.15, 0.2) is 0 Å². The summed E-state index contributed by atoms with van der Waals surface area (Å²) in [5.74, 6) is 0. The van der Waals surface area contributed by atoms with Crippen LogP contribution >= 0.6 is 11.6 Å². The molecule has 0 radical (unpaired) electrons. The molecule has 0 aliphatic rings. The van der Waals surface area contributed by atoms with Crippen molar-refractivity contribution >= 4 is 22.6 Å². The fourth-order valence-corrected chi connectivity index (χ4v) is 2.06. The van der Waals surface area contributed by atoms with Gasteiger partial charge in [-0.15, -0.1) is 0 Å². The first-order chi connectivity index (χ1) is 8.24. The summed E-state index contributed by atoms with van der Waals surface area (Å²) in [7, 11) is 0. The van der Waals surface area contributed by atoms with E-state index in [0.717, 1.165) is 16.7 Å². The lowest BCUT2D eigenvalue weighted by atomic mass is 10.1. The van der Waals surface area contributed by atoms with Gasteiger partial charge in [-0.25, -0.2) is 9.97 Å². The van der Waals surface area contributed by atoms with Crippen LogP contribution in [0.1, 0.15) is 5.56 Å². The number of nitrogens with zero attached hydrogens (tertiary/aromatic N) is 2. The van der Waals surface area contributed by atoms with Gasteiger partial charge in [0.2, 0.25) is 5.28 Å². The maximum absolute atomic E-state index is 5.77. The molecule has 0 unspecified atom stereocenters. The second-order valence-corrected chi connectivity index (χ2v) is 4.27. The van der Waals surface area contributed by atoms with Gasteiger partial charge in [0.25, 0.3) is 0 Å². The van der Waals surface area contributed by atoms with E-state index < -0.39 is 0 Å². The van der Waals surface area contributed by atoms with E-state index in [1.807, 2.05) is 18.2 Å². The Labute approximate surface area is 103 Å². The van der Waals surface area contributed by atoms with Crippen molar-refractivity contribution in [1.29, 1.82) is 0 Å². The molecule has 2 heterocycles. The molecule has 2 aromatic heterocycles. The number of H-pyrrole nitrogens is 1. The number of hydrogen-bond donors (Lipinski definition) is 1. The van der Waals surface area contributed by atoms with Crippen molar-refractivity contribution in [2.45, 2.75) is 6.92 Å². The SMILES string of the molecule is Cc1ccccc1-c1cc2nc(Cl)ncc2[nH]1. The number of aromatic amines is 1. The minimum atomic E-state index is 0.271. The molecule has 0 saturated heterocycles. The van der Waals surface area contributed by atoms with Gasteiger partial charge < -0.3 is 4.98 Å². The Kier molecular flexibility index (Phi) is 2.34. The predicted molar refractivity (Wildman–Crippen MR) is 69.1 cm³/mol. The van der Waals surface area contributed by atoms with Crippen LogP contribution in [0, 0.1) is 6.92 Å². The van der Waals surface area contributed by atoms with E-state index in [9.17, 15) is 0 Å². The maximum Gasteiger partial charge on any atom is 0.223 e. The highest BCUT2D eigenvalue weighted by atomic mass is 35.5. The number of hydrogen-bond acceptors (Lipinski definition) is 2. The Balaban J connectivity index is 2.22. The summed E-state index contributed by atoms with van der Waals surface area (Å²) in [5, 5.41) is 0.271. The molecule has 17 heavy (non-hydrogen) atoms. The van der Waals surface area contributed by atoms with Crippen LogP contribution in [0.2, 0.25) is 5.28 Å². The summed E-state index contributed by atoms with van der Waals surface area (Å²) in [4.78, 5) is 11.4. The highest BCUT2D eigenvalue weighted by Crippen LogP contribution is 2.25. The lowest BCUT2D eigenvalue weighted by molar-refractivity contribution is 1.22. The van der Waals surface area contributed by atoms with Gasteiger partial charge in [-0.3, -0.25) is 0 Å². The van der Waals surface area contributed by atoms with E-state index in [-0.39, 0.29) is 5.28 Å². The van der Waals surface area contributed by atoms with Crippen molar-refractivity contribution in [2.24, 2.45) is 0 Å². The Morgan fingerprint density at radius 2 is 2.06 bits per heavy atom. The van der Waals surface area contributed by atoms with Crippen LogP contribution in [0.15, 0.2) is 36.5 Å². The van der Waals surface area contributed by atoms with Gasteiger partial charge in [-0.2, -0.15) is 0 Å². The third-order valence-electron chi connectivity index (χ3n) is 2.77. The fourth-order valence-electron chi connectivity index (χ4n) is 1.92. The molecule has 4 heteroatoms. The number of halogens is 1. The smallest absolute Gasteiger partial charge is 0.223 e. The van der Waals surface area contributed by atoms with Crippen molar-refractivity contribution in [3.05, 3.63) is 47.4 Å². The molecule has 0 amide bonds. The lowest BCUT2D eigenvalue weighted by Crippen LogP contribution is -1.81. The van der Waals surface area contributed by atoms with Crippen LogP contribution in [0.3, 0.4) is 0 Å². The number of aromatic nitrogens is 3. The van der Waals surface area contributed by atoms with Crippen molar-refractivity contribution < 1.29 is 0 Å². The van der Waals surface area contributed by atoms with E-state index in [0.29, 0.717) is 0 Å². The van der Waals surface area contributed by atoms with Crippen molar-refractivity contribution in [3.63, 3.8) is 0 Å². The summed E-state index contributed by atoms with van der Waals surface area (Å²) >= 11 is 5.77. The van der Waals surface area contributed by atoms with Gasteiger partial charge in [-0.05, 0) is 30.2 Å². The maximum atomic E-state index is 5.77. The summed E-state index contributed by atoms with van der Waals surface area (Å²) in [6, 6.07) is 10.2. The van der Waals surface area contributed by atoms with Gasteiger partial charge >= 0.3 is 0 Å². The van der Waals surface area contributed by atoms with Crippen LogP contribution in [0.25, 0.3) is 22.3 Å². The van der Waals surface area contributed by atoms with Crippen molar-refractivity contribution in [3.8, 4) is 11.3 Å². The van der Waals surface area contributed by atoms with Gasteiger partial charge in [0.05, 0.1) is 17.2 Å². The first kappa shape index (κ1) is 10.3. The van der Waals surface area contributed by atoms with E-state index in [4.69, 9.17) is 11.6 Å². The molecule has 3 rings (SSSR count). The predicted octanol–water partition coefficient (Wildman–Crippen LogP) is 3.59. The molecule has 0 aliphatic heterocycles. The molecular formula is C13H10ClN3.